The first-order chi connectivity index (χ1) is 17.0. The van der Waals surface area contributed by atoms with Crippen molar-refractivity contribution >= 4 is 34.1 Å². The number of nitrogens with one attached hydrogen (secondary N) is 3. The van der Waals surface area contributed by atoms with Crippen LogP contribution in [0.15, 0.2) is 54.9 Å². The first-order valence-electron chi connectivity index (χ1n) is 11.0. The van der Waals surface area contributed by atoms with Crippen molar-refractivity contribution in [2.75, 3.05) is 23.3 Å². The zero-order valence-electron chi connectivity index (χ0n) is 18.8. The van der Waals surface area contributed by atoms with Crippen LogP contribution in [-0.4, -0.2) is 51.6 Å². The molecule has 10 nitrogen and oxygen atoms in total. The summed E-state index contributed by atoms with van der Waals surface area (Å²) in [6.07, 6.45) is 2.28. The topological polar surface area (TPSA) is 125 Å². The average Bonchev–Trinajstić information content (AvgIpc) is 3.50. The number of hydrogen-bond donors (Lipinski definition) is 3. The number of ether oxygens (including phenoxy) is 1. The Morgan fingerprint density at radius 2 is 2.09 bits per heavy atom. The summed E-state index contributed by atoms with van der Waals surface area (Å²) in [5, 5.41) is 18.1. The van der Waals surface area contributed by atoms with E-state index in [1.165, 1.54) is 17.9 Å². The third-order valence-electron chi connectivity index (χ3n) is 5.65. The molecule has 1 saturated heterocycles. The second-order valence-electron chi connectivity index (χ2n) is 8.16. The number of rotatable bonds is 7. The Bertz CT molecular complexity index is 1390. The minimum atomic E-state index is -0.579. The highest BCUT2D eigenvalue weighted by Crippen LogP contribution is 2.30. The number of carbonyl (C=O) groups is 2. The second kappa shape index (κ2) is 9.37. The lowest BCUT2D eigenvalue weighted by molar-refractivity contribution is -0.119. The van der Waals surface area contributed by atoms with Gasteiger partial charge in [-0.05, 0) is 41.8 Å². The van der Waals surface area contributed by atoms with Crippen LogP contribution in [0.25, 0.3) is 22.0 Å². The largest absolute Gasteiger partial charge is 0.442 e. The summed E-state index contributed by atoms with van der Waals surface area (Å²) in [6.45, 7) is 2.35. The van der Waals surface area contributed by atoms with Gasteiger partial charge in [-0.3, -0.25) is 14.7 Å². The van der Waals surface area contributed by atoms with Gasteiger partial charge in [-0.2, -0.15) is 15.4 Å². The van der Waals surface area contributed by atoms with Crippen molar-refractivity contribution < 1.29 is 18.7 Å². The zero-order valence-corrected chi connectivity index (χ0v) is 18.8. The Morgan fingerprint density at radius 1 is 1.20 bits per heavy atom. The van der Waals surface area contributed by atoms with Gasteiger partial charge in [-0.15, -0.1) is 0 Å². The van der Waals surface area contributed by atoms with Crippen LogP contribution in [0, 0.1) is 5.82 Å². The number of H-pyrrole nitrogens is 1. The van der Waals surface area contributed by atoms with Crippen molar-refractivity contribution in [2.45, 2.75) is 19.6 Å². The van der Waals surface area contributed by atoms with E-state index in [9.17, 15) is 9.59 Å². The first kappa shape index (κ1) is 22.3. The molecule has 11 heteroatoms. The lowest BCUT2D eigenvalue weighted by atomic mass is 10.1. The Hall–Kier alpha value is -4.54. The van der Waals surface area contributed by atoms with Crippen LogP contribution < -0.4 is 15.5 Å². The van der Waals surface area contributed by atoms with E-state index in [0.717, 1.165) is 22.2 Å². The third-order valence-corrected chi connectivity index (χ3v) is 5.65. The Balaban J connectivity index is 1.31. The zero-order chi connectivity index (χ0) is 24.4. The molecule has 1 fully saturated rings. The number of fused-ring (bicyclic) bond motifs is 1. The van der Waals surface area contributed by atoms with Gasteiger partial charge in [-0.25, -0.2) is 9.18 Å². The number of hydrogen-bond acceptors (Lipinski definition) is 7. The molecule has 3 heterocycles. The second-order valence-corrected chi connectivity index (χ2v) is 8.16. The smallest absolute Gasteiger partial charge is 0.414 e. The summed E-state index contributed by atoms with van der Waals surface area (Å²) < 4.78 is 20.3. The molecule has 2 aromatic carbocycles. The Morgan fingerprint density at radius 3 is 2.86 bits per heavy atom. The lowest BCUT2D eigenvalue weighted by Crippen LogP contribution is -2.33. The molecular weight excluding hydrogens is 453 g/mol. The molecule has 35 heavy (non-hydrogen) atoms. The molecule has 0 spiro atoms. The highest BCUT2D eigenvalue weighted by atomic mass is 19.1. The lowest BCUT2D eigenvalue weighted by Gasteiger charge is -2.14. The van der Waals surface area contributed by atoms with Crippen molar-refractivity contribution in [1.82, 2.24) is 25.7 Å². The molecule has 0 radical (unpaired) electrons. The fraction of sp³-hybridized carbons (Fsp3) is 0.208. The molecule has 1 unspecified atom stereocenters. The number of halogens is 1. The van der Waals surface area contributed by atoms with Gasteiger partial charge in [0.05, 0.1) is 37.2 Å². The molecule has 1 aliphatic heterocycles. The maximum absolute atomic E-state index is 15.1. The molecule has 178 valence electrons. The number of carbonyl (C=O) groups excluding carboxylic acids is 2. The number of amides is 2. The van der Waals surface area contributed by atoms with Crippen LogP contribution in [0.3, 0.4) is 0 Å². The van der Waals surface area contributed by atoms with E-state index in [2.05, 4.69) is 31.0 Å². The van der Waals surface area contributed by atoms with Gasteiger partial charge < -0.3 is 15.4 Å². The summed E-state index contributed by atoms with van der Waals surface area (Å²) in [5.74, 6) is -0.713. The van der Waals surface area contributed by atoms with Crippen molar-refractivity contribution in [3.8, 4) is 11.3 Å². The molecule has 1 aliphatic rings. The number of cyclic esters (lactones) is 1. The van der Waals surface area contributed by atoms with Gasteiger partial charge in [0, 0.05) is 29.8 Å². The van der Waals surface area contributed by atoms with Crippen molar-refractivity contribution in [1.29, 1.82) is 0 Å². The van der Waals surface area contributed by atoms with Gasteiger partial charge in [0.1, 0.15) is 17.6 Å². The summed E-state index contributed by atoms with van der Waals surface area (Å²) in [5.41, 5.74) is 2.89. The first-order valence-corrected chi connectivity index (χ1v) is 11.0. The molecule has 4 aromatic rings. The molecule has 5 rings (SSSR count). The minimum absolute atomic E-state index is 0.205. The van der Waals surface area contributed by atoms with Crippen molar-refractivity contribution in [3.05, 3.63) is 66.4 Å². The van der Waals surface area contributed by atoms with Gasteiger partial charge in [0.2, 0.25) is 5.91 Å². The maximum Gasteiger partial charge on any atom is 0.414 e. The van der Waals surface area contributed by atoms with Crippen LogP contribution in [0.5, 0.6) is 0 Å². The number of nitrogens with zero attached hydrogens (tertiary/aromatic N) is 4. The summed E-state index contributed by atoms with van der Waals surface area (Å²) in [7, 11) is 0. The molecule has 0 saturated carbocycles. The Kier molecular flexibility index (Phi) is 5.96. The highest BCUT2D eigenvalue weighted by molar-refractivity contribution is 5.91. The van der Waals surface area contributed by atoms with Crippen LogP contribution in [-0.2, 0) is 16.1 Å². The maximum atomic E-state index is 15.1. The van der Waals surface area contributed by atoms with E-state index in [4.69, 9.17) is 4.74 Å². The number of aromatic nitrogens is 4. The summed E-state index contributed by atoms with van der Waals surface area (Å²) >= 11 is 0. The van der Waals surface area contributed by atoms with Gasteiger partial charge >= 0.3 is 6.09 Å². The minimum Gasteiger partial charge on any atom is -0.442 e. The van der Waals surface area contributed by atoms with E-state index in [1.807, 2.05) is 24.3 Å². The molecule has 2 aromatic heterocycles. The number of aromatic amines is 1. The number of pyridine rings is 1. The monoisotopic (exact) mass is 475 g/mol. The highest BCUT2D eigenvalue weighted by Gasteiger charge is 2.32. The number of benzene rings is 2. The predicted molar refractivity (Wildman–Crippen MR) is 127 cm³/mol. The van der Waals surface area contributed by atoms with E-state index >= 15 is 4.39 Å². The summed E-state index contributed by atoms with van der Waals surface area (Å²) in [6, 6.07) is 12.2. The predicted octanol–water partition coefficient (Wildman–Crippen LogP) is 3.23. The van der Waals surface area contributed by atoms with E-state index in [-0.39, 0.29) is 19.0 Å². The summed E-state index contributed by atoms with van der Waals surface area (Å²) in [4.78, 5) is 29.1. The fourth-order valence-electron chi connectivity index (χ4n) is 3.88. The standard InChI is InChI=1S/C24H22FN7O3/c1-14(33)26-12-20-13-32(24(34)35-20)19-4-5-21(22(25)8-19)23-7-15-2-3-17(6-16(15)9-28-23)27-10-18-11-29-31-30-18/h2-9,11,20,27H,10,12-13H2,1H3,(H,26,33)(H,29,30,31). The van der Waals surface area contributed by atoms with Crippen molar-refractivity contribution in [2.24, 2.45) is 0 Å². The quantitative estimate of drug-likeness (QED) is 0.375. The van der Waals surface area contributed by atoms with Crippen molar-refractivity contribution in [3.63, 3.8) is 0 Å². The molecular formula is C24H22FN7O3. The van der Waals surface area contributed by atoms with Crippen LogP contribution in [0.1, 0.15) is 12.6 Å². The third kappa shape index (κ3) is 4.88. The van der Waals surface area contributed by atoms with E-state index < -0.39 is 18.0 Å². The fourth-order valence-corrected chi connectivity index (χ4v) is 3.88. The molecule has 1 atom stereocenters. The SMILES string of the molecule is CC(=O)NCC1CN(c2ccc(-c3cc4ccc(NCc5cn[nH]n5)cc4cn3)c(F)c2)C(=O)O1. The van der Waals surface area contributed by atoms with E-state index in [1.54, 1.807) is 24.5 Å². The van der Waals surface area contributed by atoms with Crippen LogP contribution in [0.4, 0.5) is 20.6 Å². The molecule has 3 N–H and O–H groups in total. The van der Waals surface area contributed by atoms with Gasteiger partial charge in [-0.1, -0.05) is 6.07 Å². The van der Waals surface area contributed by atoms with E-state index in [0.29, 0.717) is 23.5 Å². The number of anilines is 2. The van der Waals surface area contributed by atoms with Gasteiger partial charge in [0.15, 0.2) is 0 Å². The molecule has 2 amide bonds. The van der Waals surface area contributed by atoms with Crippen LogP contribution in [0.2, 0.25) is 0 Å². The average molecular weight is 475 g/mol. The normalized spacial score (nSPS) is 15.3. The molecule has 0 aliphatic carbocycles. The Labute approximate surface area is 199 Å². The van der Waals surface area contributed by atoms with Crippen LogP contribution >= 0.6 is 0 Å². The van der Waals surface area contributed by atoms with Gasteiger partial charge in [0.25, 0.3) is 0 Å². The molecule has 0 bridgehead atoms.